The Kier molecular flexibility index (Phi) is 4.46. The van der Waals surface area contributed by atoms with E-state index in [1.54, 1.807) is 24.0 Å². The van der Waals surface area contributed by atoms with Gasteiger partial charge in [0.1, 0.15) is 5.69 Å². The van der Waals surface area contributed by atoms with Gasteiger partial charge in [0.2, 0.25) is 0 Å². The zero-order valence-corrected chi connectivity index (χ0v) is 11.8. The second-order valence-electron chi connectivity index (χ2n) is 4.67. The van der Waals surface area contributed by atoms with Crippen LogP contribution in [-0.2, 0) is 4.74 Å². The van der Waals surface area contributed by atoms with Gasteiger partial charge in [0.25, 0.3) is 5.69 Å². The maximum atomic E-state index is 11.6. The van der Waals surface area contributed by atoms with Crippen molar-refractivity contribution in [2.75, 3.05) is 43.4 Å². The molecule has 21 heavy (non-hydrogen) atoms. The fraction of sp³-hybridized carbons (Fsp3) is 0.462. The van der Waals surface area contributed by atoms with Gasteiger partial charge in [-0.05, 0) is 19.1 Å². The molecule has 1 aromatic carbocycles. The van der Waals surface area contributed by atoms with Crippen molar-refractivity contribution in [1.82, 2.24) is 4.90 Å². The number of nitro benzene ring substituents is 1. The average molecular weight is 294 g/mol. The number of anilines is 2. The minimum atomic E-state index is -0.502. The molecular formula is C13H18N4O4. The molecule has 1 amide bonds. The Balaban J connectivity index is 2.01. The maximum absolute atomic E-state index is 11.6. The van der Waals surface area contributed by atoms with E-state index in [2.05, 4.69) is 0 Å². The molecule has 1 fully saturated rings. The number of nitrogen functional groups attached to an aromatic ring is 1. The average Bonchev–Trinajstić information content (AvgIpc) is 2.47. The Labute approximate surface area is 122 Å². The van der Waals surface area contributed by atoms with Gasteiger partial charge in [-0.25, -0.2) is 4.79 Å². The lowest BCUT2D eigenvalue weighted by Crippen LogP contribution is -2.49. The lowest BCUT2D eigenvalue weighted by atomic mass is 10.2. The molecule has 8 nitrogen and oxygen atoms in total. The van der Waals surface area contributed by atoms with Crippen LogP contribution in [0, 0.1) is 10.1 Å². The van der Waals surface area contributed by atoms with Crippen LogP contribution in [0.15, 0.2) is 18.2 Å². The van der Waals surface area contributed by atoms with Crippen LogP contribution < -0.4 is 10.6 Å². The van der Waals surface area contributed by atoms with Gasteiger partial charge in [0, 0.05) is 37.9 Å². The van der Waals surface area contributed by atoms with Crippen LogP contribution >= 0.6 is 0 Å². The topological polar surface area (TPSA) is 102 Å². The second-order valence-corrected chi connectivity index (χ2v) is 4.67. The van der Waals surface area contributed by atoms with E-state index in [0.29, 0.717) is 32.8 Å². The summed E-state index contributed by atoms with van der Waals surface area (Å²) >= 11 is 0. The zero-order chi connectivity index (χ0) is 15.4. The summed E-state index contributed by atoms with van der Waals surface area (Å²) in [4.78, 5) is 25.5. The first-order valence-electron chi connectivity index (χ1n) is 6.73. The van der Waals surface area contributed by atoms with Crippen molar-refractivity contribution < 1.29 is 14.5 Å². The molecular weight excluding hydrogens is 276 g/mol. The third-order valence-electron chi connectivity index (χ3n) is 3.38. The molecule has 0 saturated carbocycles. The van der Waals surface area contributed by atoms with Gasteiger partial charge in [-0.1, -0.05) is 0 Å². The molecule has 0 aliphatic carbocycles. The zero-order valence-electron chi connectivity index (χ0n) is 11.8. The monoisotopic (exact) mass is 294 g/mol. The largest absolute Gasteiger partial charge is 0.450 e. The van der Waals surface area contributed by atoms with Crippen LogP contribution in [0.2, 0.25) is 0 Å². The van der Waals surface area contributed by atoms with Crippen LogP contribution in [0.4, 0.5) is 21.9 Å². The summed E-state index contributed by atoms with van der Waals surface area (Å²) in [6.07, 6.45) is -0.305. The molecule has 1 aliphatic rings. The molecule has 0 bridgehead atoms. The van der Waals surface area contributed by atoms with Crippen LogP contribution in [0.25, 0.3) is 0 Å². The number of nitro groups is 1. The van der Waals surface area contributed by atoms with Crippen LogP contribution in [0.1, 0.15) is 6.92 Å². The van der Waals surface area contributed by atoms with Gasteiger partial charge in [-0.15, -0.1) is 0 Å². The molecule has 0 unspecified atom stereocenters. The summed E-state index contributed by atoms with van der Waals surface area (Å²) in [5.74, 6) is 0. The van der Waals surface area contributed by atoms with Crippen molar-refractivity contribution in [3.63, 3.8) is 0 Å². The molecule has 2 N–H and O–H groups in total. The van der Waals surface area contributed by atoms with E-state index in [1.807, 2.05) is 4.90 Å². The molecule has 1 heterocycles. The predicted molar refractivity (Wildman–Crippen MR) is 78.3 cm³/mol. The van der Waals surface area contributed by atoms with Gasteiger partial charge in [-0.2, -0.15) is 0 Å². The summed E-state index contributed by atoms with van der Waals surface area (Å²) in [7, 11) is 0. The Morgan fingerprint density at radius 1 is 1.38 bits per heavy atom. The third kappa shape index (κ3) is 3.33. The number of nitrogens with zero attached hydrogens (tertiary/aromatic N) is 3. The summed E-state index contributed by atoms with van der Waals surface area (Å²) in [6, 6.07) is 4.68. The molecule has 1 aliphatic heterocycles. The standard InChI is InChI=1S/C13H18N4O4/c1-2-21-13(18)16-7-5-15(6-8-16)10-3-4-12(17(19)20)11(14)9-10/h3-4,9H,2,5-8,14H2,1H3. The number of nitrogens with two attached hydrogens (primary N) is 1. The highest BCUT2D eigenvalue weighted by atomic mass is 16.6. The van der Waals surface area contributed by atoms with Gasteiger partial charge >= 0.3 is 6.09 Å². The normalized spacial score (nSPS) is 14.9. The van der Waals surface area contributed by atoms with Crippen molar-refractivity contribution in [1.29, 1.82) is 0 Å². The molecule has 114 valence electrons. The van der Waals surface area contributed by atoms with E-state index in [0.717, 1.165) is 5.69 Å². The number of carbonyl (C=O) groups excluding carboxylic acids is 1. The van der Waals surface area contributed by atoms with Crippen molar-refractivity contribution in [3.05, 3.63) is 28.3 Å². The minimum absolute atomic E-state index is 0.0936. The fourth-order valence-electron chi connectivity index (χ4n) is 2.27. The molecule has 1 aromatic rings. The van der Waals surface area contributed by atoms with E-state index < -0.39 is 4.92 Å². The Morgan fingerprint density at radius 3 is 2.57 bits per heavy atom. The predicted octanol–water partition coefficient (Wildman–Crippen LogP) is 1.46. The minimum Gasteiger partial charge on any atom is -0.450 e. The van der Waals surface area contributed by atoms with Gasteiger partial charge in [0.15, 0.2) is 0 Å². The van der Waals surface area contributed by atoms with E-state index in [4.69, 9.17) is 10.5 Å². The van der Waals surface area contributed by atoms with E-state index in [-0.39, 0.29) is 17.5 Å². The van der Waals surface area contributed by atoms with Crippen LogP contribution in [-0.4, -0.2) is 48.7 Å². The SMILES string of the molecule is CCOC(=O)N1CCN(c2ccc([N+](=O)[O-])c(N)c2)CC1. The number of carbonyl (C=O) groups is 1. The summed E-state index contributed by atoms with van der Waals surface area (Å²) in [6.45, 7) is 4.50. The van der Waals surface area contributed by atoms with Crippen molar-refractivity contribution in [2.45, 2.75) is 6.92 Å². The highest BCUT2D eigenvalue weighted by Crippen LogP contribution is 2.27. The molecule has 0 radical (unpaired) electrons. The third-order valence-corrected chi connectivity index (χ3v) is 3.38. The molecule has 0 atom stereocenters. The number of ether oxygens (including phenoxy) is 1. The van der Waals surface area contributed by atoms with Crippen LogP contribution in [0.3, 0.4) is 0 Å². The molecule has 1 saturated heterocycles. The lowest BCUT2D eigenvalue weighted by molar-refractivity contribution is -0.383. The highest BCUT2D eigenvalue weighted by Gasteiger charge is 2.23. The number of hydrogen-bond donors (Lipinski definition) is 1. The quantitative estimate of drug-likeness (QED) is 0.514. The van der Waals surface area contributed by atoms with Crippen molar-refractivity contribution in [2.24, 2.45) is 0 Å². The summed E-state index contributed by atoms with van der Waals surface area (Å²) < 4.78 is 4.96. The van der Waals surface area contributed by atoms with Crippen molar-refractivity contribution >= 4 is 23.2 Å². The molecule has 0 aromatic heterocycles. The first-order valence-corrected chi connectivity index (χ1v) is 6.73. The highest BCUT2D eigenvalue weighted by molar-refractivity contribution is 5.69. The van der Waals surface area contributed by atoms with Crippen molar-refractivity contribution in [3.8, 4) is 0 Å². The number of piperazine rings is 1. The van der Waals surface area contributed by atoms with E-state index >= 15 is 0 Å². The Morgan fingerprint density at radius 2 is 2.05 bits per heavy atom. The first-order chi connectivity index (χ1) is 10.0. The lowest BCUT2D eigenvalue weighted by Gasteiger charge is -2.35. The van der Waals surface area contributed by atoms with Gasteiger partial charge < -0.3 is 20.3 Å². The molecule has 8 heteroatoms. The number of benzene rings is 1. The Bertz CT molecular complexity index is 541. The maximum Gasteiger partial charge on any atom is 0.409 e. The van der Waals surface area contributed by atoms with Gasteiger partial charge in [-0.3, -0.25) is 10.1 Å². The first kappa shape index (κ1) is 14.9. The van der Waals surface area contributed by atoms with E-state index in [9.17, 15) is 14.9 Å². The second kappa shape index (κ2) is 6.29. The van der Waals surface area contributed by atoms with Crippen LogP contribution in [0.5, 0.6) is 0 Å². The number of amides is 1. The van der Waals surface area contributed by atoms with E-state index in [1.165, 1.54) is 6.07 Å². The number of rotatable bonds is 3. The summed E-state index contributed by atoms with van der Waals surface area (Å²) in [5.41, 5.74) is 6.56. The summed E-state index contributed by atoms with van der Waals surface area (Å²) in [5, 5.41) is 10.7. The Hall–Kier alpha value is -2.51. The molecule has 2 rings (SSSR count). The fourth-order valence-corrected chi connectivity index (χ4v) is 2.27. The van der Waals surface area contributed by atoms with Gasteiger partial charge in [0.05, 0.1) is 11.5 Å². The molecule has 0 spiro atoms. The smallest absolute Gasteiger partial charge is 0.409 e. The number of hydrogen-bond acceptors (Lipinski definition) is 6.